The molecule has 0 spiro atoms. The minimum absolute atomic E-state index is 0.0445. The summed E-state index contributed by atoms with van der Waals surface area (Å²) < 4.78 is 1.54. The van der Waals surface area contributed by atoms with Gasteiger partial charge >= 0.3 is 0 Å². The highest BCUT2D eigenvalue weighted by Gasteiger charge is 2.43. The Hall–Kier alpha value is -1.89. The number of hydrogen-bond donors (Lipinski definition) is 1. The Morgan fingerprint density at radius 2 is 2.00 bits per heavy atom. The van der Waals surface area contributed by atoms with Gasteiger partial charge in [-0.1, -0.05) is 0 Å². The lowest BCUT2D eigenvalue weighted by Crippen LogP contribution is -2.50. The summed E-state index contributed by atoms with van der Waals surface area (Å²) in [5, 5.41) is 10.8. The lowest BCUT2D eigenvalue weighted by atomic mass is 9.98. The molecule has 2 aliphatic rings. The molecular weight excluding hydrogens is 260 g/mol. The van der Waals surface area contributed by atoms with Crippen molar-refractivity contribution in [2.75, 3.05) is 0 Å². The summed E-state index contributed by atoms with van der Waals surface area (Å²) in [6.45, 7) is 0. The van der Waals surface area contributed by atoms with Crippen molar-refractivity contribution in [3.8, 4) is 0 Å². The van der Waals surface area contributed by atoms with E-state index in [1.54, 1.807) is 7.05 Å². The van der Waals surface area contributed by atoms with Crippen molar-refractivity contribution in [3.05, 3.63) is 28.1 Å². The van der Waals surface area contributed by atoms with Crippen molar-refractivity contribution < 1.29 is 9.72 Å². The first-order valence-electron chi connectivity index (χ1n) is 6.86. The number of carbonyl (C=O) groups excluding carboxylic acids is 1. The molecule has 2 unspecified atom stereocenters. The second-order valence-electron chi connectivity index (χ2n) is 5.78. The molecule has 0 radical (unpaired) electrons. The molecule has 20 heavy (non-hydrogen) atoms. The van der Waals surface area contributed by atoms with E-state index >= 15 is 0 Å². The SMILES string of the molecule is Cn1cc([N+](=O)[O-])cc1C(=O)N1C2CCC1CC(N)C2. The number of aryl methyl sites for hydroxylation is 1. The Labute approximate surface area is 116 Å². The van der Waals surface area contributed by atoms with Crippen LogP contribution in [0.1, 0.15) is 36.2 Å². The zero-order valence-corrected chi connectivity index (χ0v) is 11.4. The van der Waals surface area contributed by atoms with Crippen molar-refractivity contribution in [2.45, 2.75) is 43.8 Å². The molecule has 3 rings (SSSR count). The van der Waals surface area contributed by atoms with E-state index in [1.165, 1.54) is 16.8 Å². The molecule has 108 valence electrons. The molecule has 2 atom stereocenters. The number of hydrogen-bond acceptors (Lipinski definition) is 4. The van der Waals surface area contributed by atoms with Gasteiger partial charge in [-0.2, -0.15) is 0 Å². The van der Waals surface area contributed by atoms with Crippen LogP contribution in [-0.2, 0) is 7.05 Å². The van der Waals surface area contributed by atoms with Crippen molar-refractivity contribution >= 4 is 11.6 Å². The minimum Gasteiger partial charge on any atom is -0.340 e. The van der Waals surface area contributed by atoms with E-state index in [9.17, 15) is 14.9 Å². The molecule has 0 aromatic carbocycles. The number of rotatable bonds is 2. The average Bonchev–Trinajstić information content (AvgIpc) is 2.88. The molecule has 2 bridgehead atoms. The van der Waals surface area contributed by atoms with Gasteiger partial charge in [0.05, 0.1) is 11.1 Å². The third kappa shape index (κ3) is 1.98. The van der Waals surface area contributed by atoms with Crippen LogP contribution >= 0.6 is 0 Å². The van der Waals surface area contributed by atoms with Crippen LogP contribution in [0.3, 0.4) is 0 Å². The second kappa shape index (κ2) is 4.59. The van der Waals surface area contributed by atoms with E-state index in [2.05, 4.69) is 0 Å². The Kier molecular flexibility index (Phi) is 3.01. The number of carbonyl (C=O) groups is 1. The molecule has 1 amide bonds. The van der Waals surface area contributed by atoms with Crippen LogP contribution in [0, 0.1) is 10.1 Å². The fraction of sp³-hybridized carbons (Fsp3) is 0.615. The monoisotopic (exact) mass is 278 g/mol. The molecule has 1 aromatic heterocycles. The third-order valence-corrected chi connectivity index (χ3v) is 4.42. The zero-order chi connectivity index (χ0) is 14.4. The molecule has 7 nitrogen and oxygen atoms in total. The number of nitrogens with zero attached hydrogens (tertiary/aromatic N) is 3. The Morgan fingerprint density at radius 1 is 1.40 bits per heavy atom. The van der Waals surface area contributed by atoms with E-state index in [1.807, 2.05) is 4.90 Å². The second-order valence-corrected chi connectivity index (χ2v) is 5.78. The van der Waals surface area contributed by atoms with Crippen molar-refractivity contribution in [1.29, 1.82) is 0 Å². The van der Waals surface area contributed by atoms with Gasteiger partial charge < -0.3 is 15.2 Å². The van der Waals surface area contributed by atoms with Crippen LogP contribution in [-0.4, -0.2) is 38.4 Å². The molecule has 0 saturated carbocycles. The van der Waals surface area contributed by atoms with E-state index < -0.39 is 4.92 Å². The van der Waals surface area contributed by atoms with Crippen molar-refractivity contribution in [3.63, 3.8) is 0 Å². The molecule has 1 aromatic rings. The fourth-order valence-electron chi connectivity index (χ4n) is 3.54. The molecule has 7 heteroatoms. The number of piperidine rings is 1. The average molecular weight is 278 g/mol. The van der Waals surface area contributed by atoms with Crippen LogP contribution in [0.2, 0.25) is 0 Å². The van der Waals surface area contributed by atoms with Gasteiger partial charge in [0, 0.05) is 31.2 Å². The van der Waals surface area contributed by atoms with Crippen LogP contribution in [0.25, 0.3) is 0 Å². The van der Waals surface area contributed by atoms with Crippen LogP contribution in [0.4, 0.5) is 5.69 Å². The fourth-order valence-corrected chi connectivity index (χ4v) is 3.54. The maximum absolute atomic E-state index is 12.7. The van der Waals surface area contributed by atoms with Crippen molar-refractivity contribution in [2.24, 2.45) is 12.8 Å². The van der Waals surface area contributed by atoms with E-state index in [4.69, 9.17) is 5.73 Å². The van der Waals surface area contributed by atoms with E-state index in [0.717, 1.165) is 25.7 Å². The molecule has 2 fully saturated rings. The summed E-state index contributed by atoms with van der Waals surface area (Å²) in [6, 6.07) is 1.89. The first-order chi connectivity index (χ1) is 9.47. The van der Waals surface area contributed by atoms with Crippen LogP contribution in [0.15, 0.2) is 12.3 Å². The van der Waals surface area contributed by atoms with Gasteiger partial charge in [-0.15, -0.1) is 0 Å². The van der Waals surface area contributed by atoms with Crippen molar-refractivity contribution in [1.82, 2.24) is 9.47 Å². The van der Waals surface area contributed by atoms with E-state index in [0.29, 0.717) is 5.69 Å². The summed E-state index contributed by atoms with van der Waals surface area (Å²) in [6.07, 6.45) is 5.00. The molecular formula is C13H18N4O3. The third-order valence-electron chi connectivity index (χ3n) is 4.42. The molecule has 2 N–H and O–H groups in total. The highest BCUT2D eigenvalue weighted by molar-refractivity contribution is 5.94. The molecule has 0 aliphatic carbocycles. The largest absolute Gasteiger partial charge is 0.340 e. The Balaban J connectivity index is 1.88. The summed E-state index contributed by atoms with van der Waals surface area (Å²) in [4.78, 5) is 24.9. The zero-order valence-electron chi connectivity index (χ0n) is 11.4. The van der Waals surface area contributed by atoms with Gasteiger partial charge in [0.1, 0.15) is 5.69 Å². The topological polar surface area (TPSA) is 94.4 Å². The maximum atomic E-state index is 12.7. The predicted octanol–water partition coefficient (Wildman–Crippen LogP) is 1.03. The first kappa shape index (κ1) is 13.1. The van der Waals surface area contributed by atoms with Gasteiger partial charge in [-0.05, 0) is 25.7 Å². The first-order valence-corrected chi connectivity index (χ1v) is 6.86. The Bertz CT molecular complexity index is 554. The normalized spacial score (nSPS) is 28.7. The lowest BCUT2D eigenvalue weighted by Gasteiger charge is -2.37. The molecule has 3 heterocycles. The maximum Gasteiger partial charge on any atom is 0.287 e. The quantitative estimate of drug-likeness (QED) is 0.645. The summed E-state index contributed by atoms with van der Waals surface area (Å²) in [5.74, 6) is -0.111. The summed E-state index contributed by atoms with van der Waals surface area (Å²) >= 11 is 0. The van der Waals surface area contributed by atoms with Gasteiger partial charge in [0.2, 0.25) is 0 Å². The number of nitrogens with two attached hydrogens (primary N) is 1. The van der Waals surface area contributed by atoms with Crippen LogP contribution in [0.5, 0.6) is 0 Å². The van der Waals surface area contributed by atoms with Crippen LogP contribution < -0.4 is 5.73 Å². The number of fused-ring (bicyclic) bond motifs is 2. The highest BCUT2D eigenvalue weighted by atomic mass is 16.6. The smallest absolute Gasteiger partial charge is 0.287 e. The minimum atomic E-state index is -0.475. The number of amides is 1. The lowest BCUT2D eigenvalue weighted by molar-refractivity contribution is -0.384. The molecule has 2 aliphatic heterocycles. The standard InChI is InChI=1S/C13H18N4O3/c1-15-7-11(17(19)20)6-12(15)13(18)16-9-2-3-10(16)5-8(14)4-9/h6-10H,2-5,14H2,1H3. The predicted molar refractivity (Wildman–Crippen MR) is 72.3 cm³/mol. The van der Waals surface area contributed by atoms with E-state index in [-0.39, 0.29) is 29.7 Å². The van der Waals surface area contributed by atoms with Gasteiger partial charge in [0.25, 0.3) is 11.6 Å². The van der Waals surface area contributed by atoms with Gasteiger partial charge in [-0.25, -0.2) is 0 Å². The van der Waals surface area contributed by atoms with Gasteiger partial charge in [-0.3, -0.25) is 14.9 Å². The summed E-state index contributed by atoms with van der Waals surface area (Å²) in [7, 11) is 1.66. The van der Waals surface area contributed by atoms with Gasteiger partial charge in [0.15, 0.2) is 0 Å². The Morgan fingerprint density at radius 3 is 2.50 bits per heavy atom. The number of aromatic nitrogens is 1. The number of nitro groups is 1. The highest BCUT2D eigenvalue weighted by Crippen LogP contribution is 2.36. The summed E-state index contributed by atoms with van der Waals surface area (Å²) in [5.41, 5.74) is 6.33. The molecule has 2 saturated heterocycles.